The standard InChI is InChI=1S/C17H6Cl6FN/c18-10-3-14(22)12(20)1-7(10)9-6-25-17(5-16(9)24)8-2-13(21)15(23)4-11(8)19/h1-6H. The minimum absolute atomic E-state index is 0.184. The first-order chi connectivity index (χ1) is 11.8. The van der Waals surface area contributed by atoms with Crippen molar-refractivity contribution in [2.75, 3.05) is 0 Å². The lowest BCUT2D eigenvalue weighted by Crippen LogP contribution is -1.92. The molecule has 0 saturated heterocycles. The van der Waals surface area contributed by atoms with Crippen molar-refractivity contribution in [3.63, 3.8) is 0 Å². The van der Waals surface area contributed by atoms with Crippen molar-refractivity contribution in [1.82, 2.24) is 4.98 Å². The molecule has 0 radical (unpaired) electrons. The van der Waals surface area contributed by atoms with Gasteiger partial charge in [-0.15, -0.1) is 0 Å². The van der Waals surface area contributed by atoms with Gasteiger partial charge < -0.3 is 0 Å². The van der Waals surface area contributed by atoms with Crippen LogP contribution < -0.4 is 0 Å². The molecule has 1 heterocycles. The van der Waals surface area contributed by atoms with Crippen LogP contribution in [0.4, 0.5) is 4.39 Å². The summed E-state index contributed by atoms with van der Waals surface area (Å²) in [5, 5.41) is 1.70. The normalized spacial score (nSPS) is 11.0. The highest BCUT2D eigenvalue weighted by molar-refractivity contribution is 6.44. The van der Waals surface area contributed by atoms with Crippen LogP contribution in [-0.4, -0.2) is 4.98 Å². The van der Waals surface area contributed by atoms with E-state index in [1.807, 2.05) is 0 Å². The molecule has 0 bridgehead atoms. The molecular weight excluding hydrogens is 450 g/mol. The van der Waals surface area contributed by atoms with E-state index in [9.17, 15) is 4.39 Å². The molecule has 0 aliphatic heterocycles. The van der Waals surface area contributed by atoms with Crippen LogP contribution in [0.1, 0.15) is 0 Å². The van der Waals surface area contributed by atoms with Crippen molar-refractivity contribution >= 4 is 69.6 Å². The molecule has 25 heavy (non-hydrogen) atoms. The van der Waals surface area contributed by atoms with Crippen LogP contribution >= 0.6 is 69.6 Å². The van der Waals surface area contributed by atoms with Gasteiger partial charge >= 0.3 is 0 Å². The van der Waals surface area contributed by atoms with Gasteiger partial charge in [0.2, 0.25) is 0 Å². The van der Waals surface area contributed by atoms with Crippen molar-refractivity contribution in [1.29, 1.82) is 0 Å². The number of rotatable bonds is 2. The van der Waals surface area contributed by atoms with E-state index >= 15 is 0 Å². The maximum atomic E-state index is 14.7. The fourth-order valence-electron chi connectivity index (χ4n) is 2.22. The highest BCUT2D eigenvalue weighted by Crippen LogP contribution is 2.38. The molecule has 0 unspecified atom stereocenters. The lowest BCUT2D eigenvalue weighted by molar-refractivity contribution is 0.630. The Morgan fingerprint density at radius 3 is 1.60 bits per heavy atom. The summed E-state index contributed by atoms with van der Waals surface area (Å²) in [6, 6.07) is 7.17. The summed E-state index contributed by atoms with van der Waals surface area (Å²) in [4.78, 5) is 4.25. The third-order valence-corrected chi connectivity index (χ3v) is 5.51. The summed E-state index contributed by atoms with van der Waals surface area (Å²) in [7, 11) is 0. The minimum atomic E-state index is -0.549. The van der Waals surface area contributed by atoms with E-state index in [0.29, 0.717) is 31.9 Å². The van der Waals surface area contributed by atoms with Crippen LogP contribution in [0.3, 0.4) is 0 Å². The van der Waals surface area contributed by atoms with Crippen LogP contribution in [-0.2, 0) is 0 Å². The Labute approximate surface area is 173 Å². The number of benzene rings is 2. The van der Waals surface area contributed by atoms with Crippen LogP contribution in [0.5, 0.6) is 0 Å². The summed E-state index contributed by atoms with van der Waals surface area (Å²) < 4.78 is 14.7. The molecule has 1 nitrogen and oxygen atoms in total. The van der Waals surface area contributed by atoms with Gasteiger partial charge in [0.1, 0.15) is 5.82 Å². The van der Waals surface area contributed by atoms with Gasteiger partial charge in [0.15, 0.2) is 0 Å². The number of pyridine rings is 1. The van der Waals surface area contributed by atoms with E-state index in [4.69, 9.17) is 69.6 Å². The third kappa shape index (κ3) is 3.85. The maximum absolute atomic E-state index is 14.7. The molecular formula is C17H6Cl6FN. The largest absolute Gasteiger partial charge is 0.255 e. The molecule has 0 amide bonds. The molecule has 0 spiro atoms. The van der Waals surface area contributed by atoms with Crippen molar-refractivity contribution in [2.24, 2.45) is 0 Å². The zero-order valence-electron chi connectivity index (χ0n) is 12.1. The first-order valence-electron chi connectivity index (χ1n) is 6.73. The summed E-state index contributed by atoms with van der Waals surface area (Å²) >= 11 is 36.1. The number of hydrogen-bond donors (Lipinski definition) is 0. The average Bonchev–Trinajstić information content (AvgIpc) is 2.55. The van der Waals surface area contributed by atoms with Crippen molar-refractivity contribution in [3.05, 3.63) is 72.5 Å². The van der Waals surface area contributed by atoms with Gasteiger partial charge in [0.25, 0.3) is 0 Å². The molecule has 0 atom stereocenters. The van der Waals surface area contributed by atoms with Crippen molar-refractivity contribution in [2.45, 2.75) is 0 Å². The Bertz CT molecular complexity index is 989. The lowest BCUT2D eigenvalue weighted by atomic mass is 10.0. The monoisotopic (exact) mass is 453 g/mol. The van der Waals surface area contributed by atoms with Crippen LogP contribution in [0, 0.1) is 5.82 Å². The zero-order valence-corrected chi connectivity index (χ0v) is 16.6. The van der Waals surface area contributed by atoms with Gasteiger partial charge in [-0.1, -0.05) is 69.6 Å². The van der Waals surface area contributed by atoms with Gasteiger partial charge in [-0.3, -0.25) is 4.98 Å². The van der Waals surface area contributed by atoms with Crippen LogP contribution in [0.15, 0.2) is 36.5 Å². The average molecular weight is 456 g/mol. The fraction of sp³-hybridized carbons (Fsp3) is 0. The van der Waals surface area contributed by atoms with Crippen LogP contribution in [0.2, 0.25) is 30.1 Å². The number of halogens is 7. The van der Waals surface area contributed by atoms with Gasteiger partial charge in [0, 0.05) is 29.0 Å². The minimum Gasteiger partial charge on any atom is -0.255 e. The highest BCUT2D eigenvalue weighted by atomic mass is 35.5. The molecule has 2 aromatic carbocycles. The highest BCUT2D eigenvalue weighted by Gasteiger charge is 2.16. The first-order valence-corrected chi connectivity index (χ1v) is 9.00. The molecule has 0 aliphatic rings. The summed E-state index contributed by atoms with van der Waals surface area (Å²) in [5.41, 5.74) is 1.33. The van der Waals surface area contributed by atoms with Gasteiger partial charge in [-0.25, -0.2) is 4.39 Å². The molecule has 0 N–H and O–H groups in total. The Balaban J connectivity index is 2.11. The Morgan fingerprint density at radius 2 is 1.04 bits per heavy atom. The molecule has 1 aromatic heterocycles. The van der Waals surface area contributed by atoms with E-state index in [0.717, 1.165) is 0 Å². The first kappa shape index (κ1) is 19.0. The topological polar surface area (TPSA) is 12.9 Å². The Hall–Kier alpha value is -0.740. The second-order valence-electron chi connectivity index (χ2n) is 5.04. The van der Waals surface area contributed by atoms with Crippen molar-refractivity contribution < 1.29 is 4.39 Å². The smallest absolute Gasteiger partial charge is 0.134 e. The summed E-state index contributed by atoms with van der Waals surface area (Å²) in [6.07, 6.45) is 1.34. The van der Waals surface area contributed by atoms with Gasteiger partial charge in [0.05, 0.1) is 35.8 Å². The second-order valence-corrected chi connectivity index (χ2v) is 7.48. The maximum Gasteiger partial charge on any atom is 0.134 e. The molecule has 0 fully saturated rings. The third-order valence-electron chi connectivity index (χ3n) is 3.44. The van der Waals surface area contributed by atoms with E-state index in [1.165, 1.54) is 36.5 Å². The molecule has 3 aromatic rings. The van der Waals surface area contributed by atoms with Crippen LogP contribution in [0.25, 0.3) is 22.4 Å². The molecule has 8 heteroatoms. The number of hydrogen-bond acceptors (Lipinski definition) is 1. The van der Waals surface area contributed by atoms with Gasteiger partial charge in [-0.2, -0.15) is 0 Å². The molecule has 3 rings (SSSR count). The molecule has 0 aliphatic carbocycles. The van der Waals surface area contributed by atoms with E-state index in [1.54, 1.807) is 0 Å². The zero-order chi connectivity index (χ0) is 18.3. The fourth-order valence-corrected chi connectivity index (χ4v) is 3.52. The van der Waals surface area contributed by atoms with E-state index < -0.39 is 5.82 Å². The predicted octanol–water partition coefficient (Wildman–Crippen LogP) is 8.48. The summed E-state index contributed by atoms with van der Waals surface area (Å²) in [5.74, 6) is -0.549. The summed E-state index contributed by atoms with van der Waals surface area (Å²) in [6.45, 7) is 0. The lowest BCUT2D eigenvalue weighted by Gasteiger charge is -2.10. The Morgan fingerprint density at radius 1 is 0.560 bits per heavy atom. The Kier molecular flexibility index (Phi) is 5.69. The van der Waals surface area contributed by atoms with E-state index in [-0.39, 0.29) is 20.6 Å². The number of nitrogens with zero attached hydrogens (tertiary/aromatic N) is 1. The molecule has 0 saturated carbocycles. The SMILES string of the molecule is Fc1cc(-c2cc(Cl)c(Cl)cc2Cl)ncc1-c1cc(Cl)c(Cl)cc1Cl. The molecule has 128 valence electrons. The van der Waals surface area contributed by atoms with Gasteiger partial charge in [-0.05, 0) is 24.3 Å². The van der Waals surface area contributed by atoms with Crippen molar-refractivity contribution in [3.8, 4) is 22.4 Å². The quantitative estimate of drug-likeness (QED) is 0.353. The predicted molar refractivity (Wildman–Crippen MR) is 105 cm³/mol. The van der Waals surface area contributed by atoms with E-state index in [2.05, 4.69) is 4.98 Å². The second kappa shape index (κ2) is 7.48. The number of aromatic nitrogens is 1.